The largest absolute Gasteiger partial charge is 0.424 e. The average Bonchev–Trinajstić information content (AvgIpc) is 3.09. The standard InChI is InChI=1S/C19H22N6O4S/c1-3-25-17(12(2)15-9-4-5-10-16(15)30(21,27)28)23-24-19(25)29-14-8-6-7-13(11-14)22-18(20)26/h4-12H,3H2,1-2H3,(H3,20,22,26)(H2,21,27,28)/t12-/m1/s1. The monoisotopic (exact) mass is 430 g/mol. The number of urea groups is 1. The second kappa shape index (κ2) is 8.51. The molecule has 5 N–H and O–H groups in total. The summed E-state index contributed by atoms with van der Waals surface area (Å²) in [5, 5.41) is 16.2. The van der Waals surface area contributed by atoms with Crippen molar-refractivity contribution in [3.63, 3.8) is 0 Å². The number of amides is 2. The van der Waals surface area contributed by atoms with E-state index < -0.39 is 22.0 Å². The van der Waals surface area contributed by atoms with Gasteiger partial charge in [0.25, 0.3) is 0 Å². The molecule has 11 heteroatoms. The zero-order valence-electron chi connectivity index (χ0n) is 16.4. The molecule has 0 aliphatic heterocycles. The fourth-order valence-electron chi connectivity index (χ4n) is 3.11. The van der Waals surface area contributed by atoms with Gasteiger partial charge in [-0.1, -0.05) is 36.3 Å². The summed E-state index contributed by atoms with van der Waals surface area (Å²) in [7, 11) is -3.90. The lowest BCUT2D eigenvalue weighted by Crippen LogP contribution is -2.19. The Bertz CT molecular complexity index is 1180. The summed E-state index contributed by atoms with van der Waals surface area (Å²) in [6.07, 6.45) is 0. The SMILES string of the molecule is CCn1c(Oc2cccc(NC(N)=O)c2)nnc1[C@H](C)c1ccccc1S(N)(=O)=O. The third-order valence-corrected chi connectivity index (χ3v) is 5.44. The summed E-state index contributed by atoms with van der Waals surface area (Å²) >= 11 is 0. The third kappa shape index (κ3) is 4.58. The zero-order chi connectivity index (χ0) is 21.9. The van der Waals surface area contributed by atoms with Crippen molar-refractivity contribution < 1.29 is 17.9 Å². The number of hydrogen-bond acceptors (Lipinski definition) is 6. The number of nitrogens with one attached hydrogen (secondary N) is 1. The van der Waals surface area contributed by atoms with Crippen molar-refractivity contribution in [1.29, 1.82) is 0 Å². The van der Waals surface area contributed by atoms with Crippen molar-refractivity contribution in [1.82, 2.24) is 14.8 Å². The highest BCUT2D eigenvalue weighted by Crippen LogP contribution is 2.31. The molecular weight excluding hydrogens is 408 g/mol. The van der Waals surface area contributed by atoms with Crippen LogP contribution in [0.25, 0.3) is 0 Å². The summed E-state index contributed by atoms with van der Waals surface area (Å²) in [4.78, 5) is 11.1. The number of primary sulfonamides is 1. The number of anilines is 1. The number of nitrogens with two attached hydrogens (primary N) is 2. The van der Waals surface area contributed by atoms with Gasteiger partial charge >= 0.3 is 12.0 Å². The van der Waals surface area contributed by atoms with Crippen molar-refractivity contribution in [3.8, 4) is 11.8 Å². The minimum atomic E-state index is -3.90. The Labute approximate surface area is 173 Å². The molecule has 1 aromatic heterocycles. The van der Waals surface area contributed by atoms with E-state index >= 15 is 0 Å². The number of sulfonamides is 1. The smallest absolute Gasteiger partial charge is 0.322 e. The first-order chi connectivity index (χ1) is 14.2. The summed E-state index contributed by atoms with van der Waals surface area (Å²) in [6, 6.07) is 12.7. The molecule has 3 rings (SSSR count). The van der Waals surface area contributed by atoms with Gasteiger partial charge in [0.05, 0.1) is 4.90 Å². The lowest BCUT2D eigenvalue weighted by Gasteiger charge is -2.16. The summed E-state index contributed by atoms with van der Waals surface area (Å²) < 4.78 is 31.5. The van der Waals surface area contributed by atoms with Crippen LogP contribution < -0.4 is 20.9 Å². The molecule has 0 aliphatic rings. The predicted molar refractivity (Wildman–Crippen MR) is 111 cm³/mol. The van der Waals surface area contributed by atoms with Crippen LogP contribution in [0, 0.1) is 0 Å². The van der Waals surface area contributed by atoms with Gasteiger partial charge in [-0.25, -0.2) is 18.4 Å². The Kier molecular flexibility index (Phi) is 6.04. The van der Waals surface area contributed by atoms with Gasteiger partial charge in [-0.2, -0.15) is 0 Å². The van der Waals surface area contributed by atoms with Crippen molar-refractivity contribution in [2.24, 2.45) is 10.9 Å². The van der Waals surface area contributed by atoms with Crippen LogP contribution in [0.2, 0.25) is 0 Å². The van der Waals surface area contributed by atoms with Gasteiger partial charge in [-0.15, -0.1) is 5.10 Å². The molecule has 2 aromatic carbocycles. The molecule has 10 nitrogen and oxygen atoms in total. The Morgan fingerprint density at radius 2 is 1.93 bits per heavy atom. The second-order valence-electron chi connectivity index (χ2n) is 6.51. The predicted octanol–water partition coefficient (Wildman–Crippen LogP) is 2.38. The molecule has 0 spiro atoms. The first-order valence-corrected chi connectivity index (χ1v) is 10.6. The van der Waals surface area contributed by atoms with Crippen LogP contribution in [0.1, 0.15) is 31.2 Å². The van der Waals surface area contributed by atoms with E-state index in [9.17, 15) is 13.2 Å². The van der Waals surface area contributed by atoms with Crippen LogP contribution in [0.3, 0.4) is 0 Å². The lowest BCUT2D eigenvalue weighted by molar-refractivity contribution is 0.259. The first kappa shape index (κ1) is 21.3. The highest BCUT2D eigenvalue weighted by atomic mass is 32.2. The fourth-order valence-corrected chi connectivity index (χ4v) is 3.96. The van der Waals surface area contributed by atoms with Crippen molar-refractivity contribution in [2.75, 3.05) is 5.32 Å². The van der Waals surface area contributed by atoms with Crippen molar-refractivity contribution in [3.05, 3.63) is 59.9 Å². The number of carbonyl (C=O) groups excluding carboxylic acids is 1. The normalized spacial score (nSPS) is 12.4. The van der Waals surface area contributed by atoms with Gasteiger partial charge in [0.1, 0.15) is 11.6 Å². The van der Waals surface area contributed by atoms with Gasteiger partial charge in [0.2, 0.25) is 10.0 Å². The maximum atomic E-state index is 12.0. The summed E-state index contributed by atoms with van der Waals surface area (Å²) in [5.41, 5.74) is 6.12. The molecule has 30 heavy (non-hydrogen) atoms. The number of primary amides is 1. The van der Waals surface area contributed by atoms with E-state index in [1.807, 2.05) is 13.8 Å². The van der Waals surface area contributed by atoms with Gasteiger partial charge < -0.3 is 15.8 Å². The number of benzene rings is 2. The molecule has 2 amide bonds. The number of rotatable bonds is 7. The van der Waals surface area contributed by atoms with Crippen molar-refractivity contribution in [2.45, 2.75) is 31.2 Å². The maximum Gasteiger partial charge on any atom is 0.322 e. The molecule has 3 aromatic rings. The van der Waals surface area contributed by atoms with E-state index in [0.29, 0.717) is 29.4 Å². The highest BCUT2D eigenvalue weighted by molar-refractivity contribution is 7.89. The van der Waals surface area contributed by atoms with Gasteiger partial charge in [-0.3, -0.25) is 4.57 Å². The van der Waals surface area contributed by atoms with E-state index in [1.54, 1.807) is 47.0 Å². The maximum absolute atomic E-state index is 12.0. The second-order valence-corrected chi connectivity index (χ2v) is 8.04. The average molecular weight is 430 g/mol. The quantitative estimate of drug-likeness (QED) is 0.522. The minimum Gasteiger partial charge on any atom is -0.424 e. The molecule has 0 saturated heterocycles. The van der Waals surface area contributed by atoms with Gasteiger partial charge in [0.15, 0.2) is 0 Å². The van der Waals surface area contributed by atoms with Crippen LogP contribution in [0.4, 0.5) is 10.5 Å². The number of hydrogen-bond donors (Lipinski definition) is 3. The fraction of sp³-hybridized carbons (Fsp3) is 0.211. The van der Waals surface area contributed by atoms with Crippen LogP contribution >= 0.6 is 0 Å². The Morgan fingerprint density at radius 3 is 2.60 bits per heavy atom. The van der Waals surface area contributed by atoms with E-state index in [0.717, 1.165) is 0 Å². The Balaban J connectivity index is 1.95. The van der Waals surface area contributed by atoms with Gasteiger partial charge in [-0.05, 0) is 30.7 Å². The minimum absolute atomic E-state index is 0.0378. The summed E-state index contributed by atoms with van der Waals surface area (Å²) in [6.45, 7) is 4.20. The number of aromatic nitrogens is 3. The molecule has 0 unspecified atom stereocenters. The summed E-state index contributed by atoms with van der Waals surface area (Å²) in [5.74, 6) is 0.537. The molecule has 1 heterocycles. The van der Waals surface area contributed by atoms with E-state index in [2.05, 4.69) is 15.5 Å². The van der Waals surface area contributed by atoms with Crippen LogP contribution in [-0.4, -0.2) is 29.2 Å². The third-order valence-electron chi connectivity index (χ3n) is 4.45. The molecule has 0 radical (unpaired) electrons. The Morgan fingerprint density at radius 1 is 1.20 bits per heavy atom. The first-order valence-electron chi connectivity index (χ1n) is 9.10. The zero-order valence-corrected chi connectivity index (χ0v) is 17.3. The Hall–Kier alpha value is -3.44. The lowest BCUT2D eigenvalue weighted by atomic mass is 10.0. The van der Waals surface area contributed by atoms with E-state index in [4.69, 9.17) is 15.6 Å². The van der Waals surface area contributed by atoms with Crippen LogP contribution in [0.15, 0.2) is 53.4 Å². The molecule has 0 fully saturated rings. The molecule has 158 valence electrons. The van der Waals surface area contributed by atoms with Crippen LogP contribution in [-0.2, 0) is 16.6 Å². The number of nitrogens with zero attached hydrogens (tertiary/aromatic N) is 3. The van der Waals surface area contributed by atoms with E-state index in [-0.39, 0.29) is 10.9 Å². The molecule has 1 atom stereocenters. The van der Waals surface area contributed by atoms with Crippen molar-refractivity contribution >= 4 is 21.7 Å². The van der Waals surface area contributed by atoms with Gasteiger partial charge in [0, 0.05) is 24.2 Å². The highest BCUT2D eigenvalue weighted by Gasteiger charge is 2.24. The van der Waals surface area contributed by atoms with E-state index in [1.165, 1.54) is 6.07 Å². The topological polar surface area (TPSA) is 155 Å². The van der Waals surface area contributed by atoms with Crippen LogP contribution in [0.5, 0.6) is 11.8 Å². The molecule has 0 aliphatic carbocycles. The molecular formula is C19H22N6O4S. The number of ether oxygens (including phenoxy) is 1. The molecule has 0 saturated carbocycles. The molecule has 0 bridgehead atoms. The number of carbonyl (C=O) groups is 1.